The molecule has 104 valence electrons. The first-order valence-corrected chi connectivity index (χ1v) is 7.53. The minimum atomic E-state index is -0.0126. The second-order valence-electron chi connectivity index (χ2n) is 4.46. The number of aliphatic imine (C=N–C) groups is 1. The summed E-state index contributed by atoms with van der Waals surface area (Å²) in [6, 6.07) is 7.34. The number of ether oxygens (including phenoxy) is 1. The van der Waals surface area contributed by atoms with Crippen molar-refractivity contribution in [3.63, 3.8) is 0 Å². The molecule has 1 aromatic carbocycles. The molecule has 0 saturated carbocycles. The Bertz CT molecular complexity index is 577. The summed E-state index contributed by atoms with van der Waals surface area (Å²) in [6.07, 6.45) is 1.79. The summed E-state index contributed by atoms with van der Waals surface area (Å²) in [5, 5.41) is 1.44. The maximum absolute atomic E-state index is 12.0. The van der Waals surface area contributed by atoms with Crippen LogP contribution in [0.25, 0.3) is 6.08 Å². The summed E-state index contributed by atoms with van der Waals surface area (Å²) < 4.78 is 5.30. The number of carbonyl (C=O) groups is 1. The van der Waals surface area contributed by atoms with Crippen molar-refractivity contribution in [3.8, 4) is 0 Å². The van der Waals surface area contributed by atoms with E-state index in [-0.39, 0.29) is 5.12 Å². The van der Waals surface area contributed by atoms with E-state index >= 15 is 0 Å². The number of rotatable bonds is 1. The second kappa shape index (κ2) is 5.99. The number of thioether (sulfide) groups is 1. The van der Waals surface area contributed by atoms with E-state index in [2.05, 4.69) is 9.89 Å². The third-order valence-corrected chi connectivity index (χ3v) is 4.24. The molecule has 0 unspecified atom stereocenters. The van der Waals surface area contributed by atoms with Gasteiger partial charge in [0.05, 0.1) is 13.2 Å². The highest BCUT2D eigenvalue weighted by Crippen LogP contribution is 2.27. The number of hydrogen-bond donors (Lipinski definition) is 0. The van der Waals surface area contributed by atoms with Crippen molar-refractivity contribution in [1.29, 1.82) is 0 Å². The summed E-state index contributed by atoms with van der Waals surface area (Å²) in [5.41, 5.74) is 1.41. The minimum Gasteiger partial charge on any atom is -0.378 e. The fourth-order valence-electron chi connectivity index (χ4n) is 2.00. The van der Waals surface area contributed by atoms with E-state index in [1.54, 1.807) is 18.2 Å². The molecule has 2 aliphatic rings. The number of morpholine rings is 1. The molecule has 0 aromatic heterocycles. The van der Waals surface area contributed by atoms with Gasteiger partial charge in [-0.25, -0.2) is 4.99 Å². The van der Waals surface area contributed by atoms with E-state index in [4.69, 9.17) is 16.3 Å². The number of carbonyl (C=O) groups excluding carboxylic acids is 1. The van der Waals surface area contributed by atoms with Gasteiger partial charge in [0.25, 0.3) is 0 Å². The molecule has 0 atom stereocenters. The molecular formula is C14H13ClN2O2S. The topological polar surface area (TPSA) is 41.9 Å². The number of halogens is 1. The molecule has 0 N–H and O–H groups in total. The maximum Gasteiger partial charge on any atom is 0.245 e. The molecule has 6 heteroatoms. The van der Waals surface area contributed by atoms with Crippen LogP contribution in [0.1, 0.15) is 5.56 Å². The van der Waals surface area contributed by atoms with Crippen LogP contribution in [0.4, 0.5) is 0 Å². The van der Waals surface area contributed by atoms with Crippen molar-refractivity contribution >= 4 is 39.7 Å². The van der Waals surface area contributed by atoms with Crippen LogP contribution in [0.2, 0.25) is 5.02 Å². The van der Waals surface area contributed by atoms with Crippen LogP contribution in [-0.4, -0.2) is 41.5 Å². The normalized spacial score (nSPS) is 21.4. The van der Waals surface area contributed by atoms with E-state index in [1.807, 2.05) is 12.1 Å². The Morgan fingerprint density at radius 1 is 1.25 bits per heavy atom. The van der Waals surface area contributed by atoms with Crippen LogP contribution in [0.15, 0.2) is 35.0 Å². The fourth-order valence-corrected chi connectivity index (χ4v) is 2.96. The summed E-state index contributed by atoms with van der Waals surface area (Å²) in [7, 11) is 0. The van der Waals surface area contributed by atoms with E-state index in [1.165, 1.54) is 11.8 Å². The SMILES string of the molecule is O=C1SC(N2CCOCC2)=N/C1=C/c1ccc(Cl)cc1. The second-order valence-corrected chi connectivity index (χ2v) is 5.84. The smallest absolute Gasteiger partial charge is 0.245 e. The lowest BCUT2D eigenvalue weighted by atomic mass is 10.2. The molecule has 0 amide bonds. The van der Waals surface area contributed by atoms with E-state index < -0.39 is 0 Å². The van der Waals surface area contributed by atoms with E-state index in [9.17, 15) is 4.79 Å². The molecular weight excluding hydrogens is 296 g/mol. The summed E-state index contributed by atoms with van der Waals surface area (Å²) in [4.78, 5) is 18.5. The quantitative estimate of drug-likeness (QED) is 0.748. The first-order chi connectivity index (χ1) is 9.72. The molecule has 2 heterocycles. The molecule has 20 heavy (non-hydrogen) atoms. The Balaban J connectivity index is 1.80. The lowest BCUT2D eigenvalue weighted by Gasteiger charge is -2.27. The van der Waals surface area contributed by atoms with E-state index in [0.717, 1.165) is 23.8 Å². The Labute approximate surface area is 126 Å². The van der Waals surface area contributed by atoms with Gasteiger partial charge < -0.3 is 9.64 Å². The minimum absolute atomic E-state index is 0.0126. The molecule has 1 saturated heterocycles. The molecule has 1 aromatic rings. The van der Waals surface area contributed by atoms with Gasteiger partial charge in [0, 0.05) is 18.1 Å². The summed E-state index contributed by atoms with van der Waals surface area (Å²) in [6.45, 7) is 2.94. The number of nitrogens with zero attached hydrogens (tertiary/aromatic N) is 2. The van der Waals surface area contributed by atoms with Crippen LogP contribution < -0.4 is 0 Å². The maximum atomic E-state index is 12.0. The van der Waals surface area contributed by atoms with Gasteiger partial charge in [-0.1, -0.05) is 23.7 Å². The van der Waals surface area contributed by atoms with E-state index in [0.29, 0.717) is 23.9 Å². The Hall–Kier alpha value is -1.30. The van der Waals surface area contributed by atoms with Crippen LogP contribution >= 0.6 is 23.4 Å². The van der Waals surface area contributed by atoms with Gasteiger partial charge in [0.15, 0.2) is 5.17 Å². The van der Waals surface area contributed by atoms with Crippen molar-refractivity contribution in [2.75, 3.05) is 26.3 Å². The van der Waals surface area contributed by atoms with Crippen molar-refractivity contribution < 1.29 is 9.53 Å². The van der Waals surface area contributed by atoms with Gasteiger partial charge in [0.1, 0.15) is 5.70 Å². The highest BCUT2D eigenvalue weighted by Gasteiger charge is 2.27. The lowest BCUT2D eigenvalue weighted by molar-refractivity contribution is -0.107. The Morgan fingerprint density at radius 2 is 1.95 bits per heavy atom. The lowest BCUT2D eigenvalue weighted by Crippen LogP contribution is -2.38. The molecule has 0 bridgehead atoms. The van der Waals surface area contributed by atoms with Gasteiger partial charge in [-0.3, -0.25) is 4.79 Å². The standard InChI is InChI=1S/C14H13ClN2O2S/c15-11-3-1-10(2-4-11)9-12-13(18)20-14(16-12)17-5-7-19-8-6-17/h1-4,9H,5-8H2/b12-9+. The predicted molar refractivity (Wildman–Crippen MR) is 81.9 cm³/mol. The average Bonchev–Trinajstić information content (AvgIpc) is 2.84. The van der Waals surface area contributed by atoms with Gasteiger partial charge >= 0.3 is 0 Å². The third kappa shape index (κ3) is 3.06. The van der Waals surface area contributed by atoms with Crippen LogP contribution in [0, 0.1) is 0 Å². The molecule has 3 rings (SSSR count). The fraction of sp³-hybridized carbons (Fsp3) is 0.286. The number of benzene rings is 1. The van der Waals surface area contributed by atoms with Gasteiger partial charge in [-0.15, -0.1) is 0 Å². The molecule has 0 spiro atoms. The summed E-state index contributed by atoms with van der Waals surface area (Å²) >= 11 is 7.03. The summed E-state index contributed by atoms with van der Waals surface area (Å²) in [5.74, 6) is 0. The van der Waals surface area contributed by atoms with Crippen molar-refractivity contribution in [2.24, 2.45) is 4.99 Å². The zero-order chi connectivity index (χ0) is 13.9. The predicted octanol–water partition coefficient (Wildman–Crippen LogP) is 2.64. The first-order valence-electron chi connectivity index (χ1n) is 6.33. The van der Waals surface area contributed by atoms with Gasteiger partial charge in [0.2, 0.25) is 5.12 Å². The monoisotopic (exact) mass is 308 g/mol. The Kier molecular flexibility index (Phi) is 4.10. The van der Waals surface area contributed by atoms with Crippen LogP contribution in [0.3, 0.4) is 0 Å². The highest BCUT2D eigenvalue weighted by atomic mass is 35.5. The zero-order valence-electron chi connectivity index (χ0n) is 10.7. The van der Waals surface area contributed by atoms with Crippen LogP contribution in [-0.2, 0) is 9.53 Å². The molecule has 4 nitrogen and oxygen atoms in total. The van der Waals surface area contributed by atoms with Crippen LogP contribution in [0.5, 0.6) is 0 Å². The molecule has 0 radical (unpaired) electrons. The average molecular weight is 309 g/mol. The van der Waals surface area contributed by atoms with Crippen molar-refractivity contribution in [1.82, 2.24) is 4.90 Å². The van der Waals surface area contributed by atoms with Crippen molar-refractivity contribution in [3.05, 3.63) is 40.5 Å². The first kappa shape index (κ1) is 13.7. The van der Waals surface area contributed by atoms with Gasteiger partial charge in [-0.2, -0.15) is 0 Å². The molecule has 0 aliphatic carbocycles. The number of hydrogen-bond acceptors (Lipinski definition) is 5. The highest BCUT2D eigenvalue weighted by molar-refractivity contribution is 8.27. The zero-order valence-corrected chi connectivity index (χ0v) is 12.3. The largest absolute Gasteiger partial charge is 0.378 e. The number of amidine groups is 1. The van der Waals surface area contributed by atoms with Crippen molar-refractivity contribution in [2.45, 2.75) is 0 Å². The third-order valence-electron chi connectivity index (χ3n) is 3.06. The van der Waals surface area contributed by atoms with Gasteiger partial charge in [-0.05, 0) is 35.5 Å². The molecule has 1 fully saturated rings. The Morgan fingerprint density at radius 3 is 2.65 bits per heavy atom. The molecule has 2 aliphatic heterocycles.